The molecule has 0 N–H and O–H groups in total. The van der Waals surface area contributed by atoms with Crippen LogP contribution in [0.5, 0.6) is 5.75 Å². The van der Waals surface area contributed by atoms with Crippen LogP contribution in [-0.4, -0.2) is 12.1 Å². The minimum Gasteiger partial charge on any atom is -0.426 e. The highest BCUT2D eigenvalue weighted by molar-refractivity contribution is 5.75. The van der Waals surface area contributed by atoms with Gasteiger partial charge < -0.3 is 4.74 Å². The van der Waals surface area contributed by atoms with Gasteiger partial charge in [0, 0.05) is 12.1 Å². The Hall–Kier alpha value is -1.99. The fourth-order valence-corrected chi connectivity index (χ4v) is 5.44. The lowest BCUT2D eigenvalue weighted by Crippen LogP contribution is -2.30. The Kier molecular flexibility index (Phi) is 8.51. The van der Waals surface area contributed by atoms with Crippen molar-refractivity contribution in [3.05, 3.63) is 35.4 Å². The minimum atomic E-state index is -5.07. The second kappa shape index (κ2) is 11.0. The minimum absolute atomic E-state index is 0.398. The second-order valence-electron chi connectivity index (χ2n) is 9.40. The van der Waals surface area contributed by atoms with Crippen molar-refractivity contribution in [2.45, 2.75) is 77.3 Å². The van der Waals surface area contributed by atoms with Crippen molar-refractivity contribution in [1.82, 2.24) is 0 Å². The molecule has 0 unspecified atom stereocenters. The molecule has 0 aromatic heterocycles. The molecule has 0 amide bonds. The third-order valence-electron chi connectivity index (χ3n) is 7.12. The van der Waals surface area contributed by atoms with Gasteiger partial charge in [0.25, 0.3) is 0 Å². The van der Waals surface area contributed by atoms with Gasteiger partial charge in [0.15, 0.2) is 0 Å². The highest BCUT2D eigenvalue weighted by atomic mass is 19.4. The number of ether oxygens (including phenoxy) is 1. The zero-order valence-electron chi connectivity index (χ0n) is 18.7. The standard InChI is InChI=1S/C25H30F6O2/c1-2-3-15-4-6-16(7-5-15)17-8-10-18(11-9-17)24(32)33-19-12-20(26)23(21(27)13-19)22(28)14-25(29,30)31/h12-18H,2-11H2,1H3. The molecule has 2 saturated carbocycles. The van der Waals surface area contributed by atoms with Gasteiger partial charge in [-0.15, -0.1) is 0 Å². The van der Waals surface area contributed by atoms with Gasteiger partial charge in [-0.1, -0.05) is 32.6 Å². The Balaban J connectivity index is 1.55. The lowest BCUT2D eigenvalue weighted by Gasteiger charge is -2.37. The number of alkyl halides is 3. The molecular weight excluding hydrogens is 446 g/mol. The molecule has 0 heterocycles. The van der Waals surface area contributed by atoms with Crippen LogP contribution in [-0.2, 0) is 4.79 Å². The summed E-state index contributed by atoms with van der Waals surface area (Å²) in [5, 5.41) is 0. The molecule has 0 aliphatic heterocycles. The molecule has 0 radical (unpaired) electrons. The molecule has 0 spiro atoms. The predicted molar refractivity (Wildman–Crippen MR) is 113 cm³/mol. The smallest absolute Gasteiger partial charge is 0.412 e. The Labute approximate surface area is 190 Å². The Morgan fingerprint density at radius 2 is 1.48 bits per heavy atom. The predicted octanol–water partition coefficient (Wildman–Crippen LogP) is 8.16. The van der Waals surface area contributed by atoms with Crippen molar-refractivity contribution in [2.75, 3.05) is 0 Å². The van der Waals surface area contributed by atoms with Crippen LogP contribution in [0.4, 0.5) is 26.3 Å². The summed E-state index contributed by atoms with van der Waals surface area (Å²) in [7, 11) is 0. The van der Waals surface area contributed by atoms with Crippen LogP contribution in [0.3, 0.4) is 0 Å². The van der Waals surface area contributed by atoms with Gasteiger partial charge >= 0.3 is 12.1 Å². The molecule has 0 saturated heterocycles. The summed E-state index contributed by atoms with van der Waals surface area (Å²) >= 11 is 0. The summed E-state index contributed by atoms with van der Waals surface area (Å²) in [6.07, 6.45) is 4.68. The zero-order chi connectivity index (χ0) is 24.2. The second-order valence-corrected chi connectivity index (χ2v) is 9.40. The molecule has 2 aliphatic rings. The number of halogens is 6. The lowest BCUT2D eigenvalue weighted by molar-refractivity contribution is -0.140. The third-order valence-corrected chi connectivity index (χ3v) is 7.12. The van der Waals surface area contributed by atoms with Crippen LogP contribution in [0, 0.1) is 35.3 Å². The fourth-order valence-electron chi connectivity index (χ4n) is 5.44. The average Bonchev–Trinajstić information content (AvgIpc) is 2.73. The highest BCUT2D eigenvalue weighted by Crippen LogP contribution is 2.42. The number of hydrogen-bond acceptors (Lipinski definition) is 2. The van der Waals surface area contributed by atoms with E-state index in [0.717, 1.165) is 18.8 Å². The van der Waals surface area contributed by atoms with E-state index in [1.807, 2.05) is 0 Å². The topological polar surface area (TPSA) is 26.3 Å². The third kappa shape index (κ3) is 7.00. The molecule has 2 nitrogen and oxygen atoms in total. The zero-order valence-corrected chi connectivity index (χ0v) is 18.7. The Morgan fingerprint density at radius 1 is 0.970 bits per heavy atom. The number of hydrogen-bond donors (Lipinski definition) is 0. The number of carbonyl (C=O) groups is 1. The van der Waals surface area contributed by atoms with Crippen molar-refractivity contribution in [3.8, 4) is 5.75 Å². The maximum atomic E-state index is 14.1. The summed E-state index contributed by atoms with van der Waals surface area (Å²) in [6.45, 7) is 2.22. The Bertz CT molecular complexity index is 824. The molecular formula is C25H30F6O2. The molecule has 2 fully saturated rings. The Morgan fingerprint density at radius 3 is 1.97 bits per heavy atom. The quantitative estimate of drug-likeness (QED) is 0.235. The van der Waals surface area contributed by atoms with Crippen LogP contribution in [0.2, 0.25) is 0 Å². The van der Waals surface area contributed by atoms with Crippen LogP contribution < -0.4 is 4.74 Å². The number of esters is 1. The van der Waals surface area contributed by atoms with E-state index in [1.54, 1.807) is 0 Å². The largest absolute Gasteiger partial charge is 0.426 e. The summed E-state index contributed by atoms with van der Waals surface area (Å²) in [4.78, 5) is 12.5. The molecule has 0 atom stereocenters. The highest BCUT2D eigenvalue weighted by Gasteiger charge is 2.34. The van der Waals surface area contributed by atoms with Gasteiger partial charge in [-0.05, 0) is 56.3 Å². The molecule has 2 aliphatic carbocycles. The van der Waals surface area contributed by atoms with E-state index in [0.29, 0.717) is 36.8 Å². The monoisotopic (exact) mass is 476 g/mol. The fraction of sp³-hybridized carbons (Fsp3) is 0.640. The lowest BCUT2D eigenvalue weighted by atomic mass is 9.69. The summed E-state index contributed by atoms with van der Waals surface area (Å²) in [5.74, 6) is -4.64. The molecule has 8 heteroatoms. The van der Waals surface area contributed by atoms with Gasteiger partial charge in [-0.3, -0.25) is 4.79 Å². The van der Waals surface area contributed by atoms with Crippen molar-refractivity contribution in [1.29, 1.82) is 0 Å². The number of benzene rings is 1. The first-order valence-corrected chi connectivity index (χ1v) is 11.7. The van der Waals surface area contributed by atoms with Gasteiger partial charge in [0.2, 0.25) is 0 Å². The van der Waals surface area contributed by atoms with Crippen molar-refractivity contribution >= 4 is 11.8 Å². The first-order valence-electron chi connectivity index (χ1n) is 11.7. The maximum absolute atomic E-state index is 14.1. The van der Waals surface area contributed by atoms with Gasteiger partial charge in [-0.2, -0.15) is 13.2 Å². The summed E-state index contributed by atoms with van der Waals surface area (Å²) in [6, 6.07) is 1.06. The average molecular weight is 477 g/mol. The molecule has 1 aromatic rings. The van der Waals surface area contributed by atoms with Gasteiger partial charge in [-0.25, -0.2) is 13.2 Å². The van der Waals surface area contributed by atoms with Crippen molar-refractivity contribution in [3.63, 3.8) is 0 Å². The van der Waals surface area contributed by atoms with Gasteiger partial charge in [0.05, 0.1) is 17.6 Å². The van der Waals surface area contributed by atoms with Crippen molar-refractivity contribution in [2.24, 2.45) is 23.7 Å². The first kappa shape index (κ1) is 25.6. The molecule has 0 bridgehead atoms. The molecule has 1 aromatic carbocycles. The van der Waals surface area contributed by atoms with E-state index in [1.165, 1.54) is 38.5 Å². The van der Waals surface area contributed by atoms with E-state index >= 15 is 0 Å². The molecule has 3 rings (SSSR count). The summed E-state index contributed by atoms with van der Waals surface area (Å²) in [5.41, 5.74) is -1.44. The first-order chi connectivity index (χ1) is 15.6. The van der Waals surface area contributed by atoms with E-state index in [9.17, 15) is 31.1 Å². The number of allylic oxidation sites excluding steroid dienone is 1. The summed E-state index contributed by atoms with van der Waals surface area (Å²) < 4.78 is 83.7. The van der Waals surface area contributed by atoms with Gasteiger partial charge in [0.1, 0.15) is 23.2 Å². The molecule has 184 valence electrons. The van der Waals surface area contributed by atoms with Crippen LogP contribution in [0.1, 0.15) is 76.7 Å². The van der Waals surface area contributed by atoms with E-state index < -0.39 is 52.9 Å². The maximum Gasteiger partial charge on any atom is 0.412 e. The SMILES string of the molecule is CCCC1CCC(C2CCC(C(=O)Oc3cc(F)c(C(F)=CC(F)(F)F)c(F)c3)CC2)CC1. The normalized spacial score (nSPS) is 26.8. The number of carbonyl (C=O) groups excluding carboxylic acids is 1. The number of rotatable bonds is 6. The van der Waals surface area contributed by atoms with Crippen molar-refractivity contribution < 1.29 is 35.9 Å². The molecule has 33 heavy (non-hydrogen) atoms. The van der Waals surface area contributed by atoms with Crippen LogP contribution in [0.25, 0.3) is 5.83 Å². The van der Waals surface area contributed by atoms with E-state index in [-0.39, 0.29) is 0 Å². The van der Waals surface area contributed by atoms with Crippen LogP contribution in [0.15, 0.2) is 18.2 Å². The van der Waals surface area contributed by atoms with E-state index in [4.69, 9.17) is 4.74 Å². The van der Waals surface area contributed by atoms with Crippen LogP contribution >= 0.6 is 0 Å². The van der Waals surface area contributed by atoms with E-state index in [2.05, 4.69) is 6.92 Å².